The van der Waals surface area contributed by atoms with Crippen LogP contribution < -0.4 is 5.32 Å². The number of aromatic nitrogens is 1. The van der Waals surface area contributed by atoms with Crippen molar-refractivity contribution in [3.8, 4) is 22.8 Å². The fourth-order valence-electron chi connectivity index (χ4n) is 3.82. The van der Waals surface area contributed by atoms with E-state index >= 15 is 0 Å². The van der Waals surface area contributed by atoms with Gasteiger partial charge in [-0.25, -0.2) is 4.98 Å². The number of hydrogen-bond acceptors (Lipinski definition) is 7. The summed E-state index contributed by atoms with van der Waals surface area (Å²) in [6.45, 7) is 4.05. The molecule has 3 aromatic rings. The first-order valence-electron chi connectivity index (χ1n) is 11.2. The molecule has 1 aliphatic heterocycles. The molecule has 0 atom stereocenters. The standard InChI is InChI=1S/C24H23F3N4O5/c25-24(26,27)17-8-6-16(7-9-17)23-29-20(21(36-23)18-4-1-2-5-19(18)31(33)34)22(32)28-10-3-11-30-12-14-35-15-13-30/h1-2,4-9H,3,10-15H2,(H,28,32). The summed E-state index contributed by atoms with van der Waals surface area (Å²) < 4.78 is 49.9. The van der Waals surface area contributed by atoms with Gasteiger partial charge in [-0.15, -0.1) is 0 Å². The van der Waals surface area contributed by atoms with Crippen LogP contribution in [0.5, 0.6) is 0 Å². The quantitative estimate of drug-likeness (QED) is 0.275. The number of halogens is 3. The maximum atomic E-state index is 13.0. The highest BCUT2D eigenvalue weighted by Gasteiger charge is 2.31. The van der Waals surface area contributed by atoms with E-state index in [-0.39, 0.29) is 34.2 Å². The van der Waals surface area contributed by atoms with Gasteiger partial charge in [0.25, 0.3) is 11.6 Å². The van der Waals surface area contributed by atoms with Gasteiger partial charge in [-0.3, -0.25) is 19.8 Å². The van der Waals surface area contributed by atoms with Gasteiger partial charge in [0.05, 0.1) is 29.3 Å². The molecule has 0 radical (unpaired) electrons. The van der Waals surface area contributed by atoms with Gasteiger partial charge < -0.3 is 14.5 Å². The van der Waals surface area contributed by atoms with Crippen molar-refractivity contribution in [3.63, 3.8) is 0 Å². The van der Waals surface area contributed by atoms with Crippen molar-refractivity contribution >= 4 is 11.6 Å². The van der Waals surface area contributed by atoms with Crippen LogP contribution in [0.25, 0.3) is 22.8 Å². The van der Waals surface area contributed by atoms with Crippen LogP contribution in [0.1, 0.15) is 22.5 Å². The summed E-state index contributed by atoms with van der Waals surface area (Å²) in [6.07, 6.45) is -3.85. The molecule has 9 nitrogen and oxygen atoms in total. The minimum Gasteiger partial charge on any atom is -0.435 e. The molecule has 0 aliphatic carbocycles. The molecular weight excluding hydrogens is 481 g/mol. The zero-order valence-corrected chi connectivity index (χ0v) is 19.1. The van der Waals surface area contributed by atoms with E-state index in [0.717, 1.165) is 31.8 Å². The van der Waals surface area contributed by atoms with Crippen molar-refractivity contribution in [2.45, 2.75) is 12.6 Å². The van der Waals surface area contributed by atoms with Gasteiger partial charge in [-0.2, -0.15) is 13.2 Å². The molecule has 0 spiro atoms. The lowest BCUT2D eigenvalue weighted by Crippen LogP contribution is -2.38. The Morgan fingerprint density at radius 3 is 2.47 bits per heavy atom. The summed E-state index contributed by atoms with van der Waals surface area (Å²) in [7, 11) is 0. The Morgan fingerprint density at radius 2 is 1.81 bits per heavy atom. The molecule has 4 rings (SSSR count). The second kappa shape index (κ2) is 10.9. The molecule has 0 bridgehead atoms. The average molecular weight is 504 g/mol. The molecule has 1 aromatic heterocycles. The normalized spacial score (nSPS) is 14.5. The van der Waals surface area contributed by atoms with E-state index in [2.05, 4.69) is 15.2 Å². The molecule has 1 saturated heterocycles. The van der Waals surface area contributed by atoms with Crippen molar-refractivity contribution in [1.29, 1.82) is 0 Å². The van der Waals surface area contributed by atoms with Gasteiger partial charge in [0.2, 0.25) is 5.89 Å². The van der Waals surface area contributed by atoms with E-state index in [4.69, 9.17) is 9.15 Å². The minimum absolute atomic E-state index is 0.0339. The van der Waals surface area contributed by atoms with Crippen LogP contribution in [0.2, 0.25) is 0 Å². The van der Waals surface area contributed by atoms with Gasteiger partial charge in [-0.05, 0) is 43.3 Å². The first-order valence-corrected chi connectivity index (χ1v) is 11.2. The fraction of sp³-hybridized carbons (Fsp3) is 0.333. The number of nitrogens with zero attached hydrogens (tertiary/aromatic N) is 3. The molecule has 1 fully saturated rings. The first kappa shape index (κ1) is 25.3. The summed E-state index contributed by atoms with van der Waals surface area (Å²) in [5.41, 5.74) is -1.12. The zero-order chi connectivity index (χ0) is 25.7. The Balaban J connectivity index is 1.60. The molecule has 36 heavy (non-hydrogen) atoms. The summed E-state index contributed by atoms with van der Waals surface area (Å²) in [5.74, 6) is -0.870. The van der Waals surface area contributed by atoms with Crippen molar-refractivity contribution in [2.75, 3.05) is 39.4 Å². The number of carbonyl (C=O) groups excluding carboxylic acids is 1. The number of nitro groups is 1. The molecule has 1 aliphatic rings. The Labute approximate surface area is 204 Å². The number of hydrogen-bond donors (Lipinski definition) is 1. The van der Waals surface area contributed by atoms with Crippen molar-refractivity contribution < 1.29 is 32.0 Å². The number of nitrogens with one attached hydrogen (secondary N) is 1. The minimum atomic E-state index is -4.52. The van der Waals surface area contributed by atoms with Crippen LogP contribution in [0.15, 0.2) is 52.9 Å². The van der Waals surface area contributed by atoms with Crippen LogP contribution in [0.3, 0.4) is 0 Å². The molecule has 2 heterocycles. The maximum Gasteiger partial charge on any atom is 0.416 e. The first-order chi connectivity index (χ1) is 17.2. The molecule has 12 heteroatoms. The van der Waals surface area contributed by atoms with E-state index in [0.29, 0.717) is 26.2 Å². The van der Waals surface area contributed by atoms with Gasteiger partial charge in [0, 0.05) is 31.3 Å². The van der Waals surface area contributed by atoms with Gasteiger partial charge in [-0.1, -0.05) is 12.1 Å². The number of benzene rings is 2. The van der Waals surface area contributed by atoms with Crippen LogP contribution >= 0.6 is 0 Å². The van der Waals surface area contributed by atoms with Crippen LogP contribution in [-0.2, 0) is 10.9 Å². The molecule has 0 unspecified atom stereocenters. The highest BCUT2D eigenvalue weighted by atomic mass is 19.4. The topological polar surface area (TPSA) is 111 Å². The monoisotopic (exact) mass is 504 g/mol. The highest BCUT2D eigenvalue weighted by molar-refractivity contribution is 5.99. The van der Waals surface area contributed by atoms with E-state index in [9.17, 15) is 28.1 Å². The number of alkyl halides is 3. The maximum absolute atomic E-state index is 13.0. The molecule has 0 saturated carbocycles. The van der Waals surface area contributed by atoms with Crippen molar-refractivity contribution in [1.82, 2.24) is 15.2 Å². The van der Waals surface area contributed by atoms with E-state index < -0.39 is 22.6 Å². The second-order valence-corrected chi connectivity index (χ2v) is 8.11. The number of ether oxygens (including phenoxy) is 1. The van der Waals surface area contributed by atoms with Crippen LogP contribution in [-0.4, -0.2) is 60.1 Å². The van der Waals surface area contributed by atoms with Crippen molar-refractivity contribution in [3.05, 3.63) is 69.9 Å². The number of para-hydroxylation sites is 1. The average Bonchev–Trinajstić information content (AvgIpc) is 3.32. The van der Waals surface area contributed by atoms with Gasteiger partial charge in [0.1, 0.15) is 0 Å². The third-order valence-electron chi connectivity index (χ3n) is 5.69. The molecule has 190 valence electrons. The Bertz CT molecular complexity index is 1220. The predicted molar refractivity (Wildman–Crippen MR) is 123 cm³/mol. The SMILES string of the molecule is O=C(NCCCN1CCOCC1)c1nc(-c2ccc(C(F)(F)F)cc2)oc1-c1ccccc1[N+](=O)[O-]. The van der Waals surface area contributed by atoms with E-state index in [1.165, 1.54) is 30.3 Å². The number of carbonyl (C=O) groups is 1. The Hall–Kier alpha value is -3.77. The van der Waals surface area contributed by atoms with Gasteiger partial charge >= 0.3 is 6.18 Å². The third kappa shape index (κ3) is 5.89. The second-order valence-electron chi connectivity index (χ2n) is 8.11. The summed E-state index contributed by atoms with van der Waals surface area (Å²) >= 11 is 0. The zero-order valence-electron chi connectivity index (χ0n) is 19.1. The third-order valence-corrected chi connectivity index (χ3v) is 5.69. The summed E-state index contributed by atoms with van der Waals surface area (Å²) in [5, 5.41) is 14.3. The summed E-state index contributed by atoms with van der Waals surface area (Å²) in [4.78, 5) is 30.4. The highest BCUT2D eigenvalue weighted by Crippen LogP contribution is 2.36. The lowest BCUT2D eigenvalue weighted by atomic mass is 10.1. The van der Waals surface area contributed by atoms with Crippen LogP contribution in [0.4, 0.5) is 18.9 Å². The number of rotatable bonds is 8. The molecule has 2 aromatic carbocycles. The lowest BCUT2D eigenvalue weighted by Gasteiger charge is -2.26. The number of oxazole rings is 1. The Morgan fingerprint density at radius 1 is 1.11 bits per heavy atom. The van der Waals surface area contributed by atoms with Crippen LogP contribution in [0, 0.1) is 10.1 Å². The van der Waals surface area contributed by atoms with Crippen molar-refractivity contribution in [2.24, 2.45) is 0 Å². The van der Waals surface area contributed by atoms with Gasteiger partial charge in [0.15, 0.2) is 11.5 Å². The number of morpholine rings is 1. The number of nitro benzene ring substituents is 1. The summed E-state index contributed by atoms with van der Waals surface area (Å²) in [6, 6.07) is 9.78. The smallest absolute Gasteiger partial charge is 0.416 e. The molecule has 1 N–H and O–H groups in total. The Kier molecular flexibility index (Phi) is 7.65. The number of amides is 1. The predicted octanol–water partition coefficient (Wildman–Crippen LogP) is 4.39. The van der Waals surface area contributed by atoms with E-state index in [1.807, 2.05) is 0 Å². The molecule has 1 amide bonds. The largest absolute Gasteiger partial charge is 0.435 e. The lowest BCUT2D eigenvalue weighted by molar-refractivity contribution is -0.384. The molecular formula is C24H23F3N4O5. The van der Waals surface area contributed by atoms with E-state index in [1.54, 1.807) is 6.07 Å². The fourth-order valence-corrected chi connectivity index (χ4v) is 3.82.